The van der Waals surface area contributed by atoms with Gasteiger partial charge in [0.15, 0.2) is 0 Å². The number of carbonyl (C=O) groups excluding carboxylic acids is 1. The van der Waals surface area contributed by atoms with Crippen LogP contribution < -0.4 is 15.8 Å². The van der Waals surface area contributed by atoms with E-state index in [1.54, 1.807) is 0 Å². The molecular weight excluding hydrogens is 273 g/mol. The lowest BCUT2D eigenvalue weighted by atomic mass is 10.2. The highest BCUT2D eigenvalue weighted by molar-refractivity contribution is 7.89. The summed E-state index contributed by atoms with van der Waals surface area (Å²) >= 11 is 0. The van der Waals surface area contributed by atoms with Gasteiger partial charge in [-0.3, -0.25) is 4.79 Å². The van der Waals surface area contributed by atoms with Crippen LogP contribution in [-0.2, 0) is 14.8 Å². The monoisotopic (exact) mass is 289 g/mol. The number of carbonyl (C=O) groups is 1. The first kappa shape index (κ1) is 15.4. The van der Waals surface area contributed by atoms with Gasteiger partial charge in [-0.15, -0.1) is 0 Å². The van der Waals surface area contributed by atoms with Crippen molar-refractivity contribution >= 4 is 21.6 Å². The Balaban J connectivity index is 2.86. The second-order valence-corrected chi connectivity index (χ2v) is 5.71. The maximum atomic E-state index is 13.4. The van der Waals surface area contributed by atoms with E-state index >= 15 is 0 Å². The maximum absolute atomic E-state index is 13.4. The van der Waals surface area contributed by atoms with Gasteiger partial charge in [0.25, 0.3) is 0 Å². The van der Waals surface area contributed by atoms with Gasteiger partial charge < -0.3 is 11.1 Å². The van der Waals surface area contributed by atoms with E-state index in [0.29, 0.717) is 0 Å². The molecule has 0 aliphatic rings. The molecule has 0 unspecified atom stereocenters. The molecule has 0 saturated carbocycles. The average Bonchev–Trinajstić information content (AvgIpc) is 2.34. The fraction of sp³-hybridized carbons (Fsp3) is 0.364. The minimum Gasteiger partial charge on any atom is -0.398 e. The molecule has 6 nitrogen and oxygen atoms in total. The number of hydrogen-bond donors (Lipinski definition) is 3. The van der Waals surface area contributed by atoms with Crippen LogP contribution in [0, 0.1) is 12.7 Å². The number of sulfonamides is 1. The summed E-state index contributed by atoms with van der Waals surface area (Å²) in [6.07, 6.45) is -0.000441. The van der Waals surface area contributed by atoms with E-state index in [9.17, 15) is 17.6 Å². The van der Waals surface area contributed by atoms with Crippen LogP contribution in [0.4, 0.5) is 10.1 Å². The highest BCUT2D eigenvalue weighted by atomic mass is 32.2. The summed E-state index contributed by atoms with van der Waals surface area (Å²) in [5.74, 6) is -0.982. The van der Waals surface area contributed by atoms with Gasteiger partial charge in [0, 0.05) is 31.3 Å². The van der Waals surface area contributed by atoms with Gasteiger partial charge in [-0.25, -0.2) is 17.5 Å². The van der Waals surface area contributed by atoms with E-state index in [4.69, 9.17) is 5.73 Å². The Morgan fingerprint density at radius 2 is 2.05 bits per heavy atom. The lowest BCUT2D eigenvalue weighted by molar-refractivity contribution is -0.120. The maximum Gasteiger partial charge on any atom is 0.240 e. The van der Waals surface area contributed by atoms with E-state index in [1.807, 2.05) is 0 Å². The molecule has 0 saturated heterocycles. The van der Waals surface area contributed by atoms with Crippen LogP contribution in [0.3, 0.4) is 0 Å². The average molecular weight is 289 g/mol. The third-order valence-corrected chi connectivity index (χ3v) is 4.03. The lowest BCUT2D eigenvalue weighted by Gasteiger charge is -2.09. The van der Waals surface area contributed by atoms with Crippen molar-refractivity contribution in [3.63, 3.8) is 0 Å². The van der Waals surface area contributed by atoms with Gasteiger partial charge in [0.2, 0.25) is 15.9 Å². The number of rotatable bonds is 5. The molecule has 1 aromatic rings. The zero-order chi connectivity index (χ0) is 14.6. The van der Waals surface area contributed by atoms with Crippen molar-refractivity contribution in [2.45, 2.75) is 18.2 Å². The zero-order valence-corrected chi connectivity index (χ0v) is 11.5. The first-order chi connectivity index (χ1) is 8.77. The topological polar surface area (TPSA) is 101 Å². The van der Waals surface area contributed by atoms with E-state index in [1.165, 1.54) is 20.0 Å². The fourth-order valence-corrected chi connectivity index (χ4v) is 2.41. The molecular formula is C11H16FN3O3S. The van der Waals surface area contributed by atoms with Gasteiger partial charge in [-0.05, 0) is 19.1 Å². The Hall–Kier alpha value is -1.67. The molecule has 0 radical (unpaired) electrons. The molecule has 8 heteroatoms. The van der Waals surface area contributed by atoms with Gasteiger partial charge in [0.1, 0.15) is 5.82 Å². The summed E-state index contributed by atoms with van der Waals surface area (Å²) in [4.78, 5) is 10.7. The molecule has 0 bridgehead atoms. The molecule has 4 N–H and O–H groups in total. The molecule has 0 aromatic heterocycles. The van der Waals surface area contributed by atoms with Crippen LogP contribution in [0.5, 0.6) is 0 Å². The minimum atomic E-state index is -3.88. The number of halogens is 1. The van der Waals surface area contributed by atoms with E-state index < -0.39 is 15.8 Å². The number of anilines is 1. The minimum absolute atomic E-state index is 0.000441. The van der Waals surface area contributed by atoms with Crippen molar-refractivity contribution in [3.8, 4) is 0 Å². The molecule has 0 spiro atoms. The smallest absolute Gasteiger partial charge is 0.240 e. The molecule has 1 aromatic carbocycles. The number of amides is 1. The predicted molar refractivity (Wildman–Crippen MR) is 69.4 cm³/mol. The number of nitrogen functional groups attached to an aromatic ring is 1. The van der Waals surface area contributed by atoms with Crippen LogP contribution in [0.1, 0.15) is 12.0 Å². The summed E-state index contributed by atoms with van der Waals surface area (Å²) in [5, 5.41) is 2.36. The number of benzene rings is 1. The Morgan fingerprint density at radius 3 is 2.58 bits per heavy atom. The largest absolute Gasteiger partial charge is 0.398 e. The number of nitrogens with two attached hydrogens (primary N) is 1. The van der Waals surface area contributed by atoms with Crippen LogP contribution in [0.25, 0.3) is 0 Å². The molecule has 0 heterocycles. The lowest BCUT2D eigenvalue weighted by Crippen LogP contribution is -2.29. The molecule has 0 fully saturated rings. The first-order valence-electron chi connectivity index (χ1n) is 5.54. The summed E-state index contributed by atoms with van der Waals surface area (Å²) in [6.45, 7) is 1.39. The summed E-state index contributed by atoms with van der Waals surface area (Å²) < 4.78 is 39.3. The quantitative estimate of drug-likeness (QED) is 0.671. The Labute approximate surface area is 111 Å². The number of nitrogens with one attached hydrogen (secondary N) is 2. The van der Waals surface area contributed by atoms with E-state index in [0.717, 1.165) is 6.07 Å². The molecule has 0 aliphatic carbocycles. The molecule has 0 atom stereocenters. The van der Waals surface area contributed by atoms with Crippen LogP contribution >= 0.6 is 0 Å². The van der Waals surface area contributed by atoms with Gasteiger partial charge >= 0.3 is 0 Å². The van der Waals surface area contributed by atoms with E-state index in [-0.39, 0.29) is 35.0 Å². The van der Waals surface area contributed by atoms with Crippen molar-refractivity contribution in [2.24, 2.45) is 0 Å². The highest BCUT2D eigenvalue weighted by Gasteiger charge is 2.17. The highest BCUT2D eigenvalue weighted by Crippen LogP contribution is 2.20. The van der Waals surface area contributed by atoms with Gasteiger partial charge in [0.05, 0.1) is 4.90 Å². The van der Waals surface area contributed by atoms with Crippen molar-refractivity contribution in [2.75, 3.05) is 19.3 Å². The van der Waals surface area contributed by atoms with Crippen molar-refractivity contribution in [1.29, 1.82) is 0 Å². The second-order valence-electron chi connectivity index (χ2n) is 3.94. The normalized spacial score (nSPS) is 11.3. The third-order valence-electron chi connectivity index (χ3n) is 2.59. The van der Waals surface area contributed by atoms with E-state index in [2.05, 4.69) is 10.0 Å². The summed E-state index contributed by atoms with van der Waals surface area (Å²) in [7, 11) is -2.42. The van der Waals surface area contributed by atoms with Crippen molar-refractivity contribution in [1.82, 2.24) is 10.0 Å². The van der Waals surface area contributed by atoms with Crippen LogP contribution in [-0.4, -0.2) is 27.9 Å². The fourth-order valence-electron chi connectivity index (χ4n) is 1.34. The molecule has 1 rings (SSSR count). The molecule has 19 heavy (non-hydrogen) atoms. The SMILES string of the molecule is CNC(=O)CCNS(=O)(=O)c1cc(N)c(C)c(F)c1. The molecule has 1 amide bonds. The Kier molecular flexibility index (Phi) is 4.84. The third kappa shape index (κ3) is 3.90. The Morgan fingerprint density at radius 1 is 1.42 bits per heavy atom. The second kappa shape index (κ2) is 5.98. The van der Waals surface area contributed by atoms with Crippen molar-refractivity contribution < 1.29 is 17.6 Å². The molecule has 0 aliphatic heterocycles. The van der Waals surface area contributed by atoms with Crippen molar-refractivity contribution in [3.05, 3.63) is 23.5 Å². The van der Waals surface area contributed by atoms with Crippen LogP contribution in [0.15, 0.2) is 17.0 Å². The number of hydrogen-bond acceptors (Lipinski definition) is 4. The standard InChI is InChI=1S/C11H16FN3O3S/c1-7-9(12)5-8(6-10(7)13)19(17,18)15-4-3-11(16)14-2/h5-6,15H,3-4,13H2,1-2H3,(H,14,16). The zero-order valence-electron chi connectivity index (χ0n) is 10.7. The summed E-state index contributed by atoms with van der Waals surface area (Å²) in [5.41, 5.74) is 5.78. The van der Waals surface area contributed by atoms with Gasteiger partial charge in [-0.1, -0.05) is 0 Å². The predicted octanol–water partition coefficient (Wildman–Crippen LogP) is 0.131. The summed E-state index contributed by atoms with van der Waals surface area (Å²) in [6, 6.07) is 2.08. The Bertz CT molecular complexity index is 564. The first-order valence-corrected chi connectivity index (χ1v) is 7.02. The molecule has 106 valence electrons. The van der Waals surface area contributed by atoms with Crippen LogP contribution in [0.2, 0.25) is 0 Å². The van der Waals surface area contributed by atoms with Gasteiger partial charge in [-0.2, -0.15) is 0 Å².